The third kappa shape index (κ3) is 16.2. The molecule has 0 bridgehead atoms. The van der Waals surface area contributed by atoms with E-state index in [0.29, 0.717) is 0 Å². The molecule has 0 heterocycles. The summed E-state index contributed by atoms with van der Waals surface area (Å²) in [7, 11) is 0. The number of ether oxygens (including phenoxy) is 3. The Labute approximate surface area is 145 Å². The smallest absolute Gasteiger partial charge is 0.407 e. The number of amides is 3. The van der Waals surface area contributed by atoms with Crippen molar-refractivity contribution in [1.82, 2.24) is 16.0 Å². The Balaban J connectivity index is 3.86. The molecule has 3 amide bonds. The lowest BCUT2D eigenvalue weighted by molar-refractivity contribution is -0.142. The van der Waals surface area contributed by atoms with Gasteiger partial charge in [-0.2, -0.15) is 0 Å². The van der Waals surface area contributed by atoms with Crippen LogP contribution in [0.25, 0.3) is 0 Å². The minimum Gasteiger partial charge on any atom is -0.480 e. The van der Waals surface area contributed by atoms with Crippen molar-refractivity contribution in [2.75, 3.05) is 46.1 Å². The number of nitrogens with one attached hydrogen (secondary N) is 3. The van der Waals surface area contributed by atoms with Crippen LogP contribution in [0.2, 0.25) is 0 Å². The molecule has 0 unspecified atom stereocenters. The van der Waals surface area contributed by atoms with Gasteiger partial charge in [-0.25, -0.2) is 9.59 Å². The van der Waals surface area contributed by atoms with Crippen molar-refractivity contribution < 1.29 is 38.5 Å². The molecule has 0 saturated carbocycles. The second-order valence-electron chi connectivity index (χ2n) is 4.89. The quantitative estimate of drug-likeness (QED) is 0.288. The van der Waals surface area contributed by atoms with E-state index in [1.807, 2.05) is 0 Å². The Kier molecular flexibility index (Phi) is 12.6. The van der Waals surface area contributed by atoms with Crippen LogP contribution in [0.15, 0.2) is 0 Å². The number of carbonyl (C=O) groups excluding carboxylic acids is 3. The summed E-state index contributed by atoms with van der Waals surface area (Å²) in [6.45, 7) is 3.08. The zero-order chi connectivity index (χ0) is 19.1. The molecule has 0 radical (unpaired) electrons. The molecule has 0 spiro atoms. The van der Waals surface area contributed by atoms with E-state index in [0.717, 1.165) is 0 Å². The highest BCUT2D eigenvalue weighted by Crippen LogP contribution is 1.91. The van der Waals surface area contributed by atoms with Crippen molar-refractivity contribution in [3.05, 3.63) is 0 Å². The van der Waals surface area contributed by atoms with Crippen LogP contribution >= 0.6 is 0 Å². The summed E-state index contributed by atoms with van der Waals surface area (Å²) < 4.78 is 15.0. The molecule has 0 fully saturated rings. The Bertz CT molecular complexity index is 426. The summed E-state index contributed by atoms with van der Waals surface area (Å²) in [4.78, 5) is 43.7. The van der Waals surface area contributed by atoms with E-state index in [4.69, 9.17) is 19.3 Å². The number of aliphatic carboxylic acids is 1. The van der Waals surface area contributed by atoms with E-state index >= 15 is 0 Å². The van der Waals surface area contributed by atoms with E-state index in [2.05, 4.69) is 16.0 Å². The number of carboxylic acid groups (broad SMARTS) is 1. The second kappa shape index (κ2) is 14.0. The van der Waals surface area contributed by atoms with E-state index in [9.17, 15) is 19.2 Å². The molecular weight excluding hydrogens is 338 g/mol. The van der Waals surface area contributed by atoms with Gasteiger partial charge in [-0.05, 0) is 0 Å². The van der Waals surface area contributed by atoms with Crippen LogP contribution in [-0.2, 0) is 28.6 Å². The van der Waals surface area contributed by atoms with E-state index in [1.165, 1.54) is 13.8 Å². The third-order valence-corrected chi connectivity index (χ3v) is 2.54. The first-order chi connectivity index (χ1) is 11.8. The predicted molar refractivity (Wildman–Crippen MR) is 84.9 cm³/mol. The first-order valence-corrected chi connectivity index (χ1v) is 7.62. The number of hydrogen-bond donors (Lipinski definition) is 4. The molecule has 4 N–H and O–H groups in total. The molecular formula is C14H25N3O8. The molecule has 0 aliphatic heterocycles. The molecule has 11 heteroatoms. The fourth-order valence-corrected chi connectivity index (χ4v) is 1.47. The number of alkyl carbamates (subject to hydrolysis) is 1. The van der Waals surface area contributed by atoms with Gasteiger partial charge in [-0.1, -0.05) is 0 Å². The summed E-state index contributed by atoms with van der Waals surface area (Å²) in [5, 5.41) is 15.8. The highest BCUT2D eigenvalue weighted by Gasteiger charge is 2.15. The van der Waals surface area contributed by atoms with Gasteiger partial charge >= 0.3 is 12.1 Å². The average Bonchev–Trinajstić information content (AvgIpc) is 2.52. The zero-order valence-corrected chi connectivity index (χ0v) is 14.3. The first-order valence-electron chi connectivity index (χ1n) is 7.62. The van der Waals surface area contributed by atoms with Crippen LogP contribution in [0.4, 0.5) is 4.79 Å². The maximum atomic E-state index is 11.6. The lowest BCUT2D eigenvalue weighted by atomic mass is 10.3. The standard InChI is InChI=1S/C14H25N3O8/c1-10(18)16-7-12(8-17-11(2)19)25-14(22)15-3-4-23-5-6-24-9-13(20)21/h12H,3-9H2,1-2H3,(H,15,22)(H,16,18)(H,17,19)(H,20,21). The highest BCUT2D eigenvalue weighted by atomic mass is 16.6. The van der Waals surface area contributed by atoms with Gasteiger partial charge in [0.15, 0.2) is 0 Å². The third-order valence-electron chi connectivity index (χ3n) is 2.54. The van der Waals surface area contributed by atoms with Crippen molar-refractivity contribution in [1.29, 1.82) is 0 Å². The van der Waals surface area contributed by atoms with Crippen molar-refractivity contribution >= 4 is 23.9 Å². The molecule has 0 aromatic heterocycles. The predicted octanol–water partition coefficient (Wildman–Crippen LogP) is -1.53. The molecule has 0 saturated heterocycles. The van der Waals surface area contributed by atoms with Crippen LogP contribution in [0.5, 0.6) is 0 Å². The fourth-order valence-electron chi connectivity index (χ4n) is 1.47. The molecule has 0 aromatic rings. The molecule has 11 nitrogen and oxygen atoms in total. The van der Waals surface area contributed by atoms with Gasteiger partial charge in [0.25, 0.3) is 0 Å². The van der Waals surface area contributed by atoms with Crippen LogP contribution in [0, 0.1) is 0 Å². The van der Waals surface area contributed by atoms with Gasteiger partial charge in [0.1, 0.15) is 12.7 Å². The molecule has 0 rings (SSSR count). The number of rotatable bonds is 13. The van der Waals surface area contributed by atoms with Gasteiger partial charge in [0.05, 0.1) is 32.9 Å². The van der Waals surface area contributed by atoms with Gasteiger partial charge in [-0.3, -0.25) is 9.59 Å². The maximum Gasteiger partial charge on any atom is 0.407 e. The van der Waals surface area contributed by atoms with Crippen molar-refractivity contribution in [3.8, 4) is 0 Å². The Morgan fingerprint density at radius 3 is 1.96 bits per heavy atom. The molecule has 0 aromatic carbocycles. The minimum absolute atomic E-state index is 0.0699. The summed E-state index contributed by atoms with van der Waals surface area (Å²) in [5.41, 5.74) is 0. The van der Waals surface area contributed by atoms with Crippen LogP contribution in [0.3, 0.4) is 0 Å². The van der Waals surface area contributed by atoms with Crippen LogP contribution in [-0.4, -0.2) is 81.1 Å². The Morgan fingerprint density at radius 2 is 1.44 bits per heavy atom. The van der Waals surface area contributed by atoms with Gasteiger partial charge in [0.2, 0.25) is 11.8 Å². The van der Waals surface area contributed by atoms with E-state index in [-0.39, 0.29) is 51.3 Å². The van der Waals surface area contributed by atoms with Crippen LogP contribution < -0.4 is 16.0 Å². The average molecular weight is 363 g/mol. The monoisotopic (exact) mass is 363 g/mol. The van der Waals surface area contributed by atoms with Crippen molar-refractivity contribution in [3.63, 3.8) is 0 Å². The van der Waals surface area contributed by atoms with Gasteiger partial charge < -0.3 is 35.3 Å². The molecule has 0 aliphatic carbocycles. The van der Waals surface area contributed by atoms with Crippen molar-refractivity contribution in [2.45, 2.75) is 20.0 Å². The number of carboxylic acids is 1. The topological polar surface area (TPSA) is 152 Å². The maximum absolute atomic E-state index is 11.6. The molecule has 0 atom stereocenters. The summed E-state index contributed by atoms with van der Waals surface area (Å²) in [5.74, 6) is -1.62. The van der Waals surface area contributed by atoms with Gasteiger partial charge in [-0.15, -0.1) is 0 Å². The fraction of sp³-hybridized carbons (Fsp3) is 0.714. The summed E-state index contributed by atoms with van der Waals surface area (Å²) >= 11 is 0. The largest absolute Gasteiger partial charge is 0.480 e. The zero-order valence-electron chi connectivity index (χ0n) is 14.3. The first kappa shape index (κ1) is 22.6. The summed E-state index contributed by atoms with van der Waals surface area (Å²) in [6, 6.07) is 0. The van der Waals surface area contributed by atoms with Crippen LogP contribution in [0.1, 0.15) is 13.8 Å². The minimum atomic E-state index is -1.06. The lowest BCUT2D eigenvalue weighted by Crippen LogP contribution is -2.43. The van der Waals surface area contributed by atoms with E-state index in [1.54, 1.807) is 0 Å². The SMILES string of the molecule is CC(=O)NCC(CNC(C)=O)OC(=O)NCCOCCOCC(=O)O. The molecule has 0 aliphatic rings. The Hall–Kier alpha value is -2.40. The van der Waals surface area contributed by atoms with E-state index < -0.39 is 24.8 Å². The van der Waals surface area contributed by atoms with Crippen molar-refractivity contribution in [2.24, 2.45) is 0 Å². The summed E-state index contributed by atoms with van der Waals surface area (Å²) in [6.07, 6.45) is -1.43. The highest BCUT2D eigenvalue weighted by molar-refractivity contribution is 5.73. The normalized spacial score (nSPS) is 10.2. The molecule has 144 valence electrons. The lowest BCUT2D eigenvalue weighted by Gasteiger charge is -2.18. The number of carbonyl (C=O) groups is 4. The number of hydrogen-bond acceptors (Lipinski definition) is 7. The molecule has 25 heavy (non-hydrogen) atoms. The Morgan fingerprint density at radius 1 is 0.880 bits per heavy atom. The second-order valence-corrected chi connectivity index (χ2v) is 4.89. The van der Waals surface area contributed by atoms with Gasteiger partial charge in [0, 0.05) is 20.4 Å².